The third-order valence-electron chi connectivity index (χ3n) is 2.67. The van der Waals surface area contributed by atoms with Crippen LogP contribution in [-0.2, 0) is 4.79 Å². The van der Waals surface area contributed by atoms with E-state index in [1.54, 1.807) is 0 Å². The molecule has 0 saturated carbocycles. The van der Waals surface area contributed by atoms with Crippen molar-refractivity contribution in [3.63, 3.8) is 0 Å². The van der Waals surface area contributed by atoms with Crippen molar-refractivity contribution in [2.75, 3.05) is 18.4 Å². The van der Waals surface area contributed by atoms with Gasteiger partial charge in [-0.2, -0.15) is 0 Å². The zero-order chi connectivity index (χ0) is 13.0. The lowest BCUT2D eigenvalue weighted by Crippen LogP contribution is -2.27. The first kappa shape index (κ1) is 12.5. The number of amides is 1. The van der Waals surface area contributed by atoms with Gasteiger partial charge in [0.05, 0.1) is 17.7 Å². The Morgan fingerprint density at radius 2 is 2.11 bits per heavy atom. The minimum Gasteiger partial charge on any atom is -0.323 e. The largest absolute Gasteiger partial charge is 0.323 e. The fourth-order valence-corrected chi connectivity index (χ4v) is 1.78. The standard InChI is InChI=1S/C14H17N3O/c1-3-15-9-13(18)17-12-6-4-5-11-8-7-10(2)16-14(11)12/h4-8,15H,3,9H2,1-2H3,(H,17,18). The maximum absolute atomic E-state index is 11.7. The van der Waals surface area contributed by atoms with Gasteiger partial charge in [-0.05, 0) is 25.6 Å². The molecule has 1 amide bonds. The zero-order valence-electron chi connectivity index (χ0n) is 10.7. The number of para-hydroxylation sites is 1. The van der Waals surface area contributed by atoms with Crippen LogP contribution in [-0.4, -0.2) is 24.0 Å². The lowest BCUT2D eigenvalue weighted by Gasteiger charge is -2.08. The molecule has 94 valence electrons. The second-order valence-corrected chi connectivity index (χ2v) is 4.16. The molecular weight excluding hydrogens is 226 g/mol. The smallest absolute Gasteiger partial charge is 0.238 e. The first-order valence-corrected chi connectivity index (χ1v) is 6.07. The third-order valence-corrected chi connectivity index (χ3v) is 2.67. The SMILES string of the molecule is CCNCC(=O)Nc1cccc2ccc(C)nc12. The molecule has 0 spiro atoms. The van der Waals surface area contributed by atoms with Crippen molar-refractivity contribution in [1.82, 2.24) is 10.3 Å². The highest BCUT2D eigenvalue weighted by Gasteiger charge is 2.06. The van der Waals surface area contributed by atoms with Gasteiger partial charge in [0.25, 0.3) is 0 Å². The van der Waals surface area contributed by atoms with Crippen molar-refractivity contribution in [3.8, 4) is 0 Å². The molecule has 1 aromatic heterocycles. The van der Waals surface area contributed by atoms with Crippen LogP contribution >= 0.6 is 0 Å². The van der Waals surface area contributed by atoms with Crippen molar-refractivity contribution >= 4 is 22.5 Å². The zero-order valence-corrected chi connectivity index (χ0v) is 10.7. The summed E-state index contributed by atoms with van der Waals surface area (Å²) >= 11 is 0. The van der Waals surface area contributed by atoms with Crippen molar-refractivity contribution in [3.05, 3.63) is 36.0 Å². The lowest BCUT2D eigenvalue weighted by atomic mass is 10.1. The minimum atomic E-state index is -0.0485. The Balaban J connectivity index is 2.27. The predicted molar refractivity (Wildman–Crippen MR) is 73.7 cm³/mol. The van der Waals surface area contributed by atoms with Crippen LogP contribution in [0.1, 0.15) is 12.6 Å². The Kier molecular flexibility index (Phi) is 3.89. The molecule has 0 radical (unpaired) electrons. The van der Waals surface area contributed by atoms with Gasteiger partial charge in [0.2, 0.25) is 5.91 Å². The molecule has 4 heteroatoms. The molecule has 0 aliphatic rings. The summed E-state index contributed by atoms with van der Waals surface area (Å²) in [4.78, 5) is 16.2. The van der Waals surface area contributed by atoms with Gasteiger partial charge in [-0.1, -0.05) is 25.1 Å². The molecule has 0 fully saturated rings. The molecule has 0 aliphatic carbocycles. The van der Waals surface area contributed by atoms with Gasteiger partial charge in [0, 0.05) is 11.1 Å². The monoisotopic (exact) mass is 243 g/mol. The van der Waals surface area contributed by atoms with Crippen molar-refractivity contribution in [1.29, 1.82) is 0 Å². The number of likely N-dealkylation sites (N-methyl/N-ethyl adjacent to an activating group) is 1. The summed E-state index contributed by atoms with van der Waals surface area (Å²) < 4.78 is 0. The van der Waals surface area contributed by atoms with E-state index in [2.05, 4.69) is 15.6 Å². The number of carbonyl (C=O) groups is 1. The highest BCUT2D eigenvalue weighted by atomic mass is 16.1. The Morgan fingerprint density at radius 1 is 1.28 bits per heavy atom. The number of anilines is 1. The molecule has 2 rings (SSSR count). The quantitative estimate of drug-likeness (QED) is 0.864. The second kappa shape index (κ2) is 5.60. The molecular formula is C14H17N3O. The van der Waals surface area contributed by atoms with Crippen LogP contribution < -0.4 is 10.6 Å². The number of aromatic nitrogens is 1. The Morgan fingerprint density at radius 3 is 2.89 bits per heavy atom. The molecule has 4 nitrogen and oxygen atoms in total. The molecule has 1 aromatic carbocycles. The van der Waals surface area contributed by atoms with Gasteiger partial charge in [-0.15, -0.1) is 0 Å². The maximum atomic E-state index is 11.7. The van der Waals surface area contributed by atoms with Gasteiger partial charge >= 0.3 is 0 Å². The molecule has 1 heterocycles. The van der Waals surface area contributed by atoms with E-state index in [-0.39, 0.29) is 5.91 Å². The van der Waals surface area contributed by atoms with Crippen LogP contribution in [0.3, 0.4) is 0 Å². The highest BCUT2D eigenvalue weighted by molar-refractivity contribution is 6.00. The molecule has 0 bridgehead atoms. The number of rotatable bonds is 4. The van der Waals surface area contributed by atoms with E-state index in [0.717, 1.165) is 28.8 Å². The Labute approximate surface area is 106 Å². The van der Waals surface area contributed by atoms with Crippen molar-refractivity contribution < 1.29 is 4.79 Å². The van der Waals surface area contributed by atoms with Gasteiger partial charge in [-0.3, -0.25) is 9.78 Å². The highest BCUT2D eigenvalue weighted by Crippen LogP contribution is 2.21. The number of nitrogens with one attached hydrogen (secondary N) is 2. The van der Waals surface area contributed by atoms with E-state index in [4.69, 9.17) is 0 Å². The van der Waals surface area contributed by atoms with E-state index in [9.17, 15) is 4.79 Å². The molecule has 0 unspecified atom stereocenters. The average molecular weight is 243 g/mol. The predicted octanol–water partition coefficient (Wildman–Crippen LogP) is 2.09. The molecule has 0 saturated heterocycles. The number of aryl methyl sites for hydroxylation is 1. The number of carbonyl (C=O) groups excluding carboxylic acids is 1. The van der Waals surface area contributed by atoms with Gasteiger partial charge in [0.1, 0.15) is 0 Å². The number of pyridine rings is 1. The normalized spacial score (nSPS) is 10.6. The number of hydrogen-bond donors (Lipinski definition) is 2. The van der Waals surface area contributed by atoms with Gasteiger partial charge in [0.15, 0.2) is 0 Å². The minimum absolute atomic E-state index is 0.0485. The van der Waals surface area contributed by atoms with Crippen LogP contribution in [0.4, 0.5) is 5.69 Å². The van der Waals surface area contributed by atoms with E-state index in [1.165, 1.54) is 0 Å². The summed E-state index contributed by atoms with van der Waals surface area (Å²) in [5.41, 5.74) is 2.54. The van der Waals surface area contributed by atoms with Crippen LogP contribution in [0.15, 0.2) is 30.3 Å². The summed E-state index contributed by atoms with van der Waals surface area (Å²) in [6.07, 6.45) is 0. The van der Waals surface area contributed by atoms with Gasteiger partial charge < -0.3 is 10.6 Å². The fourth-order valence-electron chi connectivity index (χ4n) is 1.78. The first-order valence-electron chi connectivity index (χ1n) is 6.07. The van der Waals surface area contributed by atoms with E-state index in [1.807, 2.05) is 44.2 Å². The molecule has 2 aromatic rings. The van der Waals surface area contributed by atoms with Crippen LogP contribution in [0.25, 0.3) is 10.9 Å². The summed E-state index contributed by atoms with van der Waals surface area (Å²) in [5, 5.41) is 6.91. The van der Waals surface area contributed by atoms with Crippen LogP contribution in [0.5, 0.6) is 0 Å². The first-order chi connectivity index (χ1) is 8.70. The Bertz CT molecular complexity index is 566. The number of fused-ring (bicyclic) bond motifs is 1. The van der Waals surface area contributed by atoms with Crippen molar-refractivity contribution in [2.45, 2.75) is 13.8 Å². The van der Waals surface area contributed by atoms with E-state index in [0.29, 0.717) is 6.54 Å². The van der Waals surface area contributed by atoms with Crippen LogP contribution in [0, 0.1) is 6.92 Å². The molecule has 18 heavy (non-hydrogen) atoms. The molecule has 0 aliphatic heterocycles. The van der Waals surface area contributed by atoms with Crippen LogP contribution in [0.2, 0.25) is 0 Å². The number of nitrogens with zero attached hydrogens (tertiary/aromatic N) is 1. The second-order valence-electron chi connectivity index (χ2n) is 4.16. The lowest BCUT2D eigenvalue weighted by molar-refractivity contribution is -0.115. The van der Waals surface area contributed by atoms with Crippen molar-refractivity contribution in [2.24, 2.45) is 0 Å². The summed E-state index contributed by atoms with van der Waals surface area (Å²) in [5.74, 6) is -0.0485. The fraction of sp³-hybridized carbons (Fsp3) is 0.286. The number of benzene rings is 1. The summed E-state index contributed by atoms with van der Waals surface area (Å²) in [7, 11) is 0. The summed E-state index contributed by atoms with van der Waals surface area (Å²) in [6, 6.07) is 9.76. The topological polar surface area (TPSA) is 54.0 Å². The average Bonchev–Trinajstić information content (AvgIpc) is 2.37. The van der Waals surface area contributed by atoms with E-state index >= 15 is 0 Å². The molecule has 2 N–H and O–H groups in total. The maximum Gasteiger partial charge on any atom is 0.238 e. The molecule has 0 atom stereocenters. The van der Waals surface area contributed by atoms with Gasteiger partial charge in [-0.25, -0.2) is 0 Å². The van der Waals surface area contributed by atoms with E-state index < -0.39 is 0 Å². The number of hydrogen-bond acceptors (Lipinski definition) is 3. The summed E-state index contributed by atoms with van der Waals surface area (Å²) in [6.45, 7) is 5.01. The Hall–Kier alpha value is -1.94. The third kappa shape index (κ3) is 2.84.